The van der Waals surface area contributed by atoms with E-state index in [1.165, 1.54) is 37.7 Å². The summed E-state index contributed by atoms with van der Waals surface area (Å²) in [4.78, 5) is 2.36. The molecule has 0 saturated heterocycles. The van der Waals surface area contributed by atoms with Crippen molar-refractivity contribution in [1.82, 2.24) is 4.90 Å². The van der Waals surface area contributed by atoms with Crippen LogP contribution in [-0.4, -0.2) is 25.5 Å². The minimum absolute atomic E-state index is 0.344. The molecule has 0 amide bonds. The van der Waals surface area contributed by atoms with E-state index in [-0.39, 0.29) is 0 Å². The second-order valence-corrected chi connectivity index (χ2v) is 6.31. The Morgan fingerprint density at radius 2 is 1.94 bits per heavy atom. The van der Waals surface area contributed by atoms with Gasteiger partial charge in [0.05, 0.1) is 0 Å². The van der Waals surface area contributed by atoms with Crippen LogP contribution >= 0.6 is 0 Å². The molecule has 0 aromatic heterocycles. The summed E-state index contributed by atoms with van der Waals surface area (Å²) in [5, 5.41) is 0. The van der Waals surface area contributed by atoms with Crippen LogP contribution in [0.15, 0.2) is 18.2 Å². The summed E-state index contributed by atoms with van der Waals surface area (Å²) in [5.41, 5.74) is 11.0. The van der Waals surface area contributed by atoms with E-state index >= 15 is 0 Å². The number of nitrogens with zero attached hydrogens (tertiary/aromatic N) is 1. The molecule has 18 heavy (non-hydrogen) atoms. The molecule has 1 aromatic rings. The first kappa shape index (κ1) is 12.2. The van der Waals surface area contributed by atoms with E-state index in [1.807, 2.05) is 0 Å². The van der Waals surface area contributed by atoms with Crippen LogP contribution in [0.3, 0.4) is 0 Å². The van der Waals surface area contributed by atoms with Gasteiger partial charge in [-0.15, -0.1) is 0 Å². The molecule has 1 fully saturated rings. The molecule has 0 spiro atoms. The van der Waals surface area contributed by atoms with Crippen LogP contribution < -0.4 is 5.73 Å². The summed E-state index contributed by atoms with van der Waals surface area (Å²) in [7, 11) is 4.38. The van der Waals surface area contributed by atoms with Gasteiger partial charge in [-0.1, -0.05) is 18.2 Å². The molecule has 0 aliphatic heterocycles. The molecule has 3 rings (SSSR count). The van der Waals surface area contributed by atoms with Crippen molar-refractivity contribution < 1.29 is 0 Å². The van der Waals surface area contributed by atoms with Gasteiger partial charge in [0.15, 0.2) is 0 Å². The van der Waals surface area contributed by atoms with Crippen molar-refractivity contribution >= 4 is 0 Å². The summed E-state index contributed by atoms with van der Waals surface area (Å²) < 4.78 is 0. The van der Waals surface area contributed by atoms with Crippen LogP contribution in [0.2, 0.25) is 0 Å². The lowest BCUT2D eigenvalue weighted by molar-refractivity contribution is 0.198. The van der Waals surface area contributed by atoms with E-state index in [0.29, 0.717) is 11.5 Å². The third-order valence-electron chi connectivity index (χ3n) is 4.83. The zero-order chi connectivity index (χ0) is 12.8. The lowest BCUT2D eigenvalue weighted by Gasteiger charge is -2.32. The predicted molar refractivity (Wildman–Crippen MR) is 75.6 cm³/mol. The van der Waals surface area contributed by atoms with Crippen molar-refractivity contribution in [3.63, 3.8) is 0 Å². The zero-order valence-electron chi connectivity index (χ0n) is 11.6. The third-order valence-corrected chi connectivity index (χ3v) is 4.83. The molecule has 2 N–H and O–H groups in total. The van der Waals surface area contributed by atoms with Gasteiger partial charge in [-0.2, -0.15) is 0 Å². The van der Waals surface area contributed by atoms with Gasteiger partial charge in [-0.3, -0.25) is 0 Å². The summed E-state index contributed by atoms with van der Waals surface area (Å²) >= 11 is 0. The Hall–Kier alpha value is -0.860. The van der Waals surface area contributed by atoms with Crippen LogP contribution in [0.4, 0.5) is 0 Å². The van der Waals surface area contributed by atoms with Gasteiger partial charge in [-0.05, 0) is 69.4 Å². The first-order chi connectivity index (χ1) is 8.66. The number of hydrogen-bond acceptors (Lipinski definition) is 2. The van der Waals surface area contributed by atoms with Crippen LogP contribution in [-0.2, 0) is 12.8 Å². The average molecular weight is 244 g/mol. The standard InChI is InChI=1S/C16H24N2/c1-18(2)15(16(11-17)8-9-16)14-7-6-12-4-3-5-13(12)10-14/h6-7,10,15H,3-5,8-9,11,17H2,1-2H3. The van der Waals surface area contributed by atoms with E-state index < -0.39 is 0 Å². The molecule has 0 bridgehead atoms. The topological polar surface area (TPSA) is 29.3 Å². The van der Waals surface area contributed by atoms with Gasteiger partial charge in [-0.25, -0.2) is 0 Å². The zero-order valence-corrected chi connectivity index (χ0v) is 11.6. The molecule has 2 aliphatic rings. The Morgan fingerprint density at radius 3 is 2.56 bits per heavy atom. The van der Waals surface area contributed by atoms with Gasteiger partial charge in [0.25, 0.3) is 0 Å². The Labute approximate surface area is 110 Å². The Kier molecular flexibility index (Phi) is 2.95. The Morgan fingerprint density at radius 1 is 1.22 bits per heavy atom. The van der Waals surface area contributed by atoms with Gasteiger partial charge in [0, 0.05) is 11.5 Å². The number of benzene rings is 1. The lowest BCUT2D eigenvalue weighted by atomic mass is 9.88. The lowest BCUT2D eigenvalue weighted by Crippen LogP contribution is -2.33. The monoisotopic (exact) mass is 244 g/mol. The molecule has 1 unspecified atom stereocenters. The molecule has 2 nitrogen and oxygen atoms in total. The van der Waals surface area contributed by atoms with E-state index in [1.54, 1.807) is 11.1 Å². The molecule has 1 aromatic carbocycles. The van der Waals surface area contributed by atoms with Crippen molar-refractivity contribution in [2.45, 2.75) is 38.1 Å². The highest BCUT2D eigenvalue weighted by Crippen LogP contribution is 2.56. The summed E-state index contributed by atoms with van der Waals surface area (Å²) in [6.45, 7) is 0.812. The van der Waals surface area contributed by atoms with Gasteiger partial charge in [0.1, 0.15) is 0 Å². The van der Waals surface area contributed by atoms with Crippen LogP contribution in [0.5, 0.6) is 0 Å². The van der Waals surface area contributed by atoms with Gasteiger partial charge < -0.3 is 10.6 Å². The minimum Gasteiger partial charge on any atom is -0.330 e. The molecular weight excluding hydrogens is 220 g/mol. The van der Waals surface area contributed by atoms with Crippen molar-refractivity contribution in [2.24, 2.45) is 11.1 Å². The van der Waals surface area contributed by atoms with Crippen LogP contribution in [0.25, 0.3) is 0 Å². The number of hydrogen-bond donors (Lipinski definition) is 1. The average Bonchev–Trinajstić information content (AvgIpc) is 2.99. The molecule has 1 atom stereocenters. The second-order valence-electron chi connectivity index (χ2n) is 6.31. The van der Waals surface area contributed by atoms with Crippen molar-refractivity contribution in [2.75, 3.05) is 20.6 Å². The summed E-state index contributed by atoms with van der Waals surface area (Å²) in [6.07, 6.45) is 6.42. The second kappa shape index (κ2) is 4.36. The fourth-order valence-corrected chi connectivity index (χ4v) is 3.71. The summed E-state index contributed by atoms with van der Waals surface area (Å²) in [6, 6.07) is 7.63. The third kappa shape index (κ3) is 1.88. The van der Waals surface area contributed by atoms with Gasteiger partial charge >= 0.3 is 0 Å². The van der Waals surface area contributed by atoms with E-state index in [0.717, 1.165) is 6.54 Å². The van der Waals surface area contributed by atoms with E-state index in [9.17, 15) is 0 Å². The number of nitrogens with two attached hydrogens (primary N) is 1. The number of aryl methyl sites for hydroxylation is 2. The number of fused-ring (bicyclic) bond motifs is 1. The minimum atomic E-state index is 0.344. The van der Waals surface area contributed by atoms with Crippen molar-refractivity contribution in [1.29, 1.82) is 0 Å². The first-order valence-electron chi connectivity index (χ1n) is 7.14. The summed E-state index contributed by atoms with van der Waals surface area (Å²) in [5.74, 6) is 0. The van der Waals surface area contributed by atoms with Crippen molar-refractivity contribution in [3.8, 4) is 0 Å². The highest BCUT2D eigenvalue weighted by atomic mass is 15.1. The maximum absolute atomic E-state index is 6.03. The molecular formula is C16H24N2. The largest absolute Gasteiger partial charge is 0.330 e. The molecule has 2 aliphatic carbocycles. The highest BCUT2D eigenvalue weighted by Gasteiger charge is 2.49. The normalized spacial score (nSPS) is 22.0. The van der Waals surface area contributed by atoms with E-state index in [2.05, 4.69) is 37.2 Å². The SMILES string of the molecule is CN(C)C(c1ccc2c(c1)CCC2)C1(CN)CC1. The molecule has 0 heterocycles. The van der Waals surface area contributed by atoms with Crippen molar-refractivity contribution in [3.05, 3.63) is 34.9 Å². The Bertz CT molecular complexity index is 446. The van der Waals surface area contributed by atoms with Gasteiger partial charge in [0.2, 0.25) is 0 Å². The first-order valence-corrected chi connectivity index (χ1v) is 7.14. The predicted octanol–water partition coefficient (Wildman–Crippen LogP) is 2.52. The van der Waals surface area contributed by atoms with Crippen LogP contribution in [0, 0.1) is 5.41 Å². The fraction of sp³-hybridized carbons (Fsp3) is 0.625. The molecule has 98 valence electrons. The number of rotatable bonds is 4. The quantitative estimate of drug-likeness (QED) is 0.882. The maximum atomic E-state index is 6.03. The maximum Gasteiger partial charge on any atom is 0.0410 e. The van der Waals surface area contributed by atoms with E-state index in [4.69, 9.17) is 5.73 Å². The smallest absolute Gasteiger partial charge is 0.0410 e. The molecule has 2 heteroatoms. The fourth-order valence-electron chi connectivity index (χ4n) is 3.71. The Balaban J connectivity index is 1.96. The highest BCUT2D eigenvalue weighted by molar-refractivity contribution is 5.38. The molecule has 0 radical (unpaired) electrons. The molecule has 1 saturated carbocycles. The van der Waals surface area contributed by atoms with Crippen LogP contribution in [0.1, 0.15) is 42.0 Å².